The van der Waals surface area contributed by atoms with Crippen LogP contribution in [0.5, 0.6) is 0 Å². The number of piperidine rings is 1. The van der Waals surface area contributed by atoms with Crippen molar-refractivity contribution in [2.24, 2.45) is 0 Å². The van der Waals surface area contributed by atoms with Crippen molar-refractivity contribution >= 4 is 12.0 Å². The molecule has 3 rings (SSSR count). The van der Waals surface area contributed by atoms with Crippen LogP contribution in [0, 0.1) is 0 Å². The van der Waals surface area contributed by atoms with E-state index in [0.29, 0.717) is 19.6 Å². The summed E-state index contributed by atoms with van der Waals surface area (Å²) < 4.78 is 5.29. The highest BCUT2D eigenvalue weighted by molar-refractivity contribution is 5.76. The molecule has 0 N–H and O–H groups in total. The molecule has 0 aliphatic carbocycles. The second-order valence-electron chi connectivity index (χ2n) is 6.30. The van der Waals surface area contributed by atoms with E-state index in [-0.39, 0.29) is 5.91 Å². The summed E-state index contributed by atoms with van der Waals surface area (Å²) in [4.78, 5) is 16.5. The Morgan fingerprint density at radius 1 is 1.04 bits per heavy atom. The molecular weight excluding hydrogens is 288 g/mol. The summed E-state index contributed by atoms with van der Waals surface area (Å²) in [5.41, 5.74) is 2.81. The molecule has 1 aromatic rings. The van der Waals surface area contributed by atoms with Crippen molar-refractivity contribution in [3.05, 3.63) is 41.5 Å². The molecule has 2 fully saturated rings. The van der Waals surface area contributed by atoms with Crippen LogP contribution in [0.2, 0.25) is 0 Å². The van der Waals surface area contributed by atoms with Crippen molar-refractivity contribution in [1.82, 2.24) is 9.80 Å². The highest BCUT2D eigenvalue weighted by atomic mass is 16.5. The number of morpholine rings is 1. The van der Waals surface area contributed by atoms with Gasteiger partial charge in [0.05, 0.1) is 13.2 Å². The molecule has 1 aromatic carbocycles. The number of benzene rings is 1. The lowest BCUT2D eigenvalue weighted by atomic mass is 10.0. The molecule has 2 aliphatic heterocycles. The first kappa shape index (κ1) is 16.2. The van der Waals surface area contributed by atoms with Crippen molar-refractivity contribution < 1.29 is 9.53 Å². The van der Waals surface area contributed by atoms with Gasteiger partial charge in [0.1, 0.15) is 0 Å². The van der Waals surface area contributed by atoms with E-state index in [1.54, 1.807) is 0 Å². The molecule has 0 atom stereocenters. The molecule has 2 saturated heterocycles. The summed E-state index contributed by atoms with van der Waals surface area (Å²) in [7, 11) is 0. The van der Waals surface area contributed by atoms with Gasteiger partial charge in [0, 0.05) is 39.1 Å². The minimum Gasteiger partial charge on any atom is -0.378 e. The van der Waals surface area contributed by atoms with Crippen molar-refractivity contribution in [2.45, 2.75) is 19.3 Å². The molecular formula is C19H26N2O2. The van der Waals surface area contributed by atoms with Gasteiger partial charge in [-0.25, -0.2) is 0 Å². The monoisotopic (exact) mass is 314 g/mol. The fourth-order valence-corrected chi connectivity index (χ4v) is 3.22. The lowest BCUT2D eigenvalue weighted by Gasteiger charge is -2.30. The number of hydrogen-bond acceptors (Lipinski definition) is 3. The molecule has 0 saturated carbocycles. The van der Waals surface area contributed by atoms with Crippen LogP contribution in [0.3, 0.4) is 0 Å². The number of amides is 1. The molecule has 0 radical (unpaired) electrons. The van der Waals surface area contributed by atoms with E-state index in [1.807, 2.05) is 4.90 Å². The van der Waals surface area contributed by atoms with E-state index in [2.05, 4.69) is 41.3 Å². The van der Waals surface area contributed by atoms with Crippen LogP contribution in [0.25, 0.3) is 6.08 Å². The maximum absolute atomic E-state index is 12.2. The topological polar surface area (TPSA) is 32.8 Å². The van der Waals surface area contributed by atoms with Gasteiger partial charge < -0.3 is 14.5 Å². The number of likely N-dealkylation sites (tertiary alicyclic amines) is 1. The van der Waals surface area contributed by atoms with Gasteiger partial charge >= 0.3 is 0 Å². The Kier molecular flexibility index (Phi) is 5.83. The van der Waals surface area contributed by atoms with Crippen LogP contribution in [-0.4, -0.2) is 61.6 Å². The Morgan fingerprint density at radius 3 is 2.43 bits per heavy atom. The number of carbonyl (C=O) groups is 1. The first-order valence-electron chi connectivity index (χ1n) is 8.63. The fourth-order valence-electron chi connectivity index (χ4n) is 3.22. The average molecular weight is 314 g/mol. The Hall–Kier alpha value is -1.65. The normalized spacial score (nSPS) is 19.7. The standard InChI is InChI=1S/C19H26N2O2/c22-19(21-12-14-23-15-13-21)8-11-20-9-6-18(7-10-20)16-17-4-2-1-3-5-17/h1-5,16H,6-15H2. The van der Waals surface area contributed by atoms with Crippen LogP contribution in [-0.2, 0) is 9.53 Å². The third kappa shape index (κ3) is 4.91. The van der Waals surface area contributed by atoms with Crippen LogP contribution < -0.4 is 0 Å². The second-order valence-corrected chi connectivity index (χ2v) is 6.30. The number of hydrogen-bond donors (Lipinski definition) is 0. The predicted octanol–water partition coefficient (Wildman–Crippen LogP) is 2.41. The third-order valence-corrected chi connectivity index (χ3v) is 4.67. The minimum atomic E-state index is 0.277. The zero-order valence-electron chi connectivity index (χ0n) is 13.7. The van der Waals surface area contributed by atoms with Crippen LogP contribution in [0.1, 0.15) is 24.8 Å². The molecule has 2 aliphatic rings. The van der Waals surface area contributed by atoms with Gasteiger partial charge in [-0.2, -0.15) is 0 Å². The highest BCUT2D eigenvalue weighted by Gasteiger charge is 2.19. The zero-order valence-corrected chi connectivity index (χ0v) is 13.7. The van der Waals surface area contributed by atoms with Gasteiger partial charge in [-0.3, -0.25) is 4.79 Å². The minimum absolute atomic E-state index is 0.277. The summed E-state index contributed by atoms with van der Waals surface area (Å²) in [5, 5.41) is 0. The molecule has 0 bridgehead atoms. The van der Waals surface area contributed by atoms with Gasteiger partial charge in [0.25, 0.3) is 0 Å². The first-order chi connectivity index (χ1) is 11.3. The molecule has 0 aromatic heterocycles. The Balaban J connectivity index is 1.41. The number of rotatable bonds is 4. The van der Waals surface area contributed by atoms with E-state index in [9.17, 15) is 4.79 Å². The lowest BCUT2D eigenvalue weighted by molar-refractivity contribution is -0.135. The first-order valence-corrected chi connectivity index (χ1v) is 8.63. The Labute approximate surface area is 138 Å². The second kappa shape index (κ2) is 8.27. The summed E-state index contributed by atoms with van der Waals surface area (Å²) in [6.45, 7) is 5.89. The molecule has 1 amide bonds. The van der Waals surface area contributed by atoms with Gasteiger partial charge in [-0.05, 0) is 18.4 Å². The molecule has 124 valence electrons. The molecule has 4 heteroatoms. The van der Waals surface area contributed by atoms with Gasteiger partial charge in [0.15, 0.2) is 0 Å². The van der Waals surface area contributed by atoms with Gasteiger partial charge in [0.2, 0.25) is 5.91 Å². The Morgan fingerprint density at radius 2 is 1.74 bits per heavy atom. The summed E-state index contributed by atoms with van der Waals surface area (Å²) in [5.74, 6) is 0.277. The fraction of sp³-hybridized carbons (Fsp3) is 0.526. The number of carbonyl (C=O) groups excluding carboxylic acids is 1. The van der Waals surface area contributed by atoms with E-state index in [0.717, 1.165) is 45.6 Å². The van der Waals surface area contributed by atoms with E-state index in [4.69, 9.17) is 4.74 Å². The Bertz CT molecular complexity index is 526. The molecule has 2 heterocycles. The zero-order chi connectivity index (χ0) is 15.9. The summed E-state index contributed by atoms with van der Waals surface area (Å²) in [6, 6.07) is 10.5. The predicted molar refractivity (Wildman–Crippen MR) is 92.1 cm³/mol. The van der Waals surface area contributed by atoms with Crippen molar-refractivity contribution in [3.63, 3.8) is 0 Å². The molecule has 23 heavy (non-hydrogen) atoms. The highest BCUT2D eigenvalue weighted by Crippen LogP contribution is 2.19. The van der Waals surface area contributed by atoms with E-state index >= 15 is 0 Å². The van der Waals surface area contributed by atoms with Gasteiger partial charge in [-0.1, -0.05) is 42.0 Å². The molecule has 4 nitrogen and oxygen atoms in total. The third-order valence-electron chi connectivity index (χ3n) is 4.67. The molecule has 0 spiro atoms. The maximum Gasteiger partial charge on any atom is 0.224 e. The van der Waals surface area contributed by atoms with Crippen LogP contribution in [0.4, 0.5) is 0 Å². The van der Waals surface area contributed by atoms with Crippen molar-refractivity contribution in [2.75, 3.05) is 45.9 Å². The maximum atomic E-state index is 12.2. The average Bonchev–Trinajstić information content (AvgIpc) is 2.62. The van der Waals surface area contributed by atoms with Gasteiger partial charge in [-0.15, -0.1) is 0 Å². The number of nitrogens with zero attached hydrogens (tertiary/aromatic N) is 2. The lowest BCUT2D eigenvalue weighted by Crippen LogP contribution is -2.42. The smallest absolute Gasteiger partial charge is 0.224 e. The van der Waals surface area contributed by atoms with Crippen molar-refractivity contribution in [3.8, 4) is 0 Å². The van der Waals surface area contributed by atoms with E-state index in [1.165, 1.54) is 11.1 Å². The largest absolute Gasteiger partial charge is 0.378 e. The van der Waals surface area contributed by atoms with Crippen LogP contribution >= 0.6 is 0 Å². The quantitative estimate of drug-likeness (QED) is 0.855. The summed E-state index contributed by atoms with van der Waals surface area (Å²) in [6.07, 6.45) is 5.18. The van der Waals surface area contributed by atoms with E-state index < -0.39 is 0 Å². The number of ether oxygens (including phenoxy) is 1. The van der Waals surface area contributed by atoms with Crippen molar-refractivity contribution in [1.29, 1.82) is 0 Å². The molecule has 0 unspecified atom stereocenters. The summed E-state index contributed by atoms with van der Waals surface area (Å²) >= 11 is 0. The van der Waals surface area contributed by atoms with Crippen LogP contribution in [0.15, 0.2) is 35.9 Å². The SMILES string of the molecule is O=C(CCN1CCC(=Cc2ccccc2)CC1)N1CCOCC1.